The lowest BCUT2D eigenvalue weighted by Crippen LogP contribution is -2.45. The average molecular weight is 592 g/mol. The fourth-order valence-corrected chi connectivity index (χ4v) is 9.44. The Kier molecular flexibility index (Phi) is 10.3. The molecule has 2 unspecified atom stereocenters. The molecule has 1 aliphatic carbocycles. The number of rotatable bonds is 10. The Morgan fingerprint density at radius 3 is 2.50 bits per heavy atom. The molecule has 1 saturated carbocycles. The standard InChI is InChI=1S/C30H45N3O5S2/c1-20-17-26(37-6)21(2)22(3)30(20)40(35,36)33-15-7-9-25(18-33)38-19-28(34)31-24-13-11-23(12-14-24)29(32(4)5)27-10-8-16-39-27/h8,10,16-17,23-25,29H,7,9,11-15,18-19H2,1-6H3,(H,31,34). The van der Waals surface area contributed by atoms with Gasteiger partial charge in [-0.3, -0.25) is 4.79 Å². The number of thiophene rings is 1. The Morgan fingerprint density at radius 2 is 1.88 bits per heavy atom. The SMILES string of the molecule is COc1cc(C)c(S(=O)(=O)N2CCCC(OCC(=O)NC3CCC(C(c4cccs4)N(C)C)CC3)C2)c(C)c1C. The molecule has 2 heterocycles. The third-order valence-electron chi connectivity index (χ3n) is 8.56. The fraction of sp³-hybridized carbons (Fsp3) is 0.633. The molecule has 1 aromatic heterocycles. The van der Waals surface area contributed by atoms with E-state index in [2.05, 4.69) is 41.8 Å². The smallest absolute Gasteiger partial charge is 0.246 e. The van der Waals surface area contributed by atoms with Gasteiger partial charge in [-0.15, -0.1) is 11.3 Å². The van der Waals surface area contributed by atoms with Gasteiger partial charge >= 0.3 is 0 Å². The molecule has 1 saturated heterocycles. The normalized spacial score (nSPS) is 23.2. The molecule has 0 radical (unpaired) electrons. The molecular formula is C30H45N3O5S2. The summed E-state index contributed by atoms with van der Waals surface area (Å²) < 4.78 is 40.2. The number of aryl methyl sites for hydroxylation is 1. The summed E-state index contributed by atoms with van der Waals surface area (Å²) in [5.41, 5.74) is 2.21. The van der Waals surface area contributed by atoms with E-state index >= 15 is 0 Å². The largest absolute Gasteiger partial charge is 0.496 e. The van der Waals surface area contributed by atoms with Crippen LogP contribution in [-0.4, -0.2) is 76.6 Å². The van der Waals surface area contributed by atoms with Crippen LogP contribution in [0, 0.1) is 26.7 Å². The number of benzene rings is 1. The summed E-state index contributed by atoms with van der Waals surface area (Å²) in [6, 6.07) is 6.70. The number of nitrogens with one attached hydrogen (secondary N) is 1. The van der Waals surface area contributed by atoms with E-state index in [0.717, 1.165) is 37.7 Å². The molecule has 222 valence electrons. The van der Waals surface area contributed by atoms with Crippen molar-refractivity contribution < 1.29 is 22.7 Å². The van der Waals surface area contributed by atoms with Gasteiger partial charge in [0.05, 0.1) is 18.1 Å². The Balaban J connectivity index is 1.28. The highest BCUT2D eigenvalue weighted by Gasteiger charge is 2.34. The Hall–Kier alpha value is -1.98. The number of hydrogen-bond donors (Lipinski definition) is 1. The van der Waals surface area contributed by atoms with Gasteiger partial charge in [0.25, 0.3) is 0 Å². The number of hydrogen-bond acceptors (Lipinski definition) is 7. The van der Waals surface area contributed by atoms with Gasteiger partial charge < -0.3 is 19.7 Å². The predicted molar refractivity (Wildman–Crippen MR) is 160 cm³/mol. The summed E-state index contributed by atoms with van der Waals surface area (Å²) >= 11 is 1.81. The summed E-state index contributed by atoms with van der Waals surface area (Å²) in [4.78, 5) is 16.8. The molecule has 2 atom stereocenters. The number of ether oxygens (including phenoxy) is 2. The van der Waals surface area contributed by atoms with Gasteiger partial charge in [0, 0.05) is 30.1 Å². The van der Waals surface area contributed by atoms with Crippen LogP contribution in [0.1, 0.15) is 66.1 Å². The number of carbonyl (C=O) groups is 1. The van der Waals surface area contributed by atoms with E-state index in [-0.39, 0.29) is 31.2 Å². The van der Waals surface area contributed by atoms with Crippen molar-refractivity contribution in [3.05, 3.63) is 45.1 Å². The lowest BCUT2D eigenvalue weighted by molar-refractivity contribution is -0.129. The maximum atomic E-state index is 13.7. The molecule has 1 N–H and O–H groups in total. The highest BCUT2D eigenvalue weighted by molar-refractivity contribution is 7.89. The predicted octanol–water partition coefficient (Wildman–Crippen LogP) is 4.83. The fourth-order valence-electron chi connectivity index (χ4n) is 6.43. The Labute approximate surface area is 244 Å². The topological polar surface area (TPSA) is 88.2 Å². The molecule has 2 aliphatic rings. The van der Waals surface area contributed by atoms with Crippen LogP contribution in [0.15, 0.2) is 28.5 Å². The van der Waals surface area contributed by atoms with Gasteiger partial charge in [0.2, 0.25) is 15.9 Å². The number of carbonyl (C=O) groups excluding carboxylic acids is 1. The van der Waals surface area contributed by atoms with Crippen molar-refractivity contribution in [1.82, 2.24) is 14.5 Å². The van der Waals surface area contributed by atoms with Gasteiger partial charge in [-0.2, -0.15) is 4.31 Å². The third kappa shape index (κ3) is 6.90. The van der Waals surface area contributed by atoms with Crippen molar-refractivity contribution in [2.24, 2.45) is 5.92 Å². The zero-order valence-corrected chi connectivity index (χ0v) is 26.4. The highest BCUT2D eigenvalue weighted by Crippen LogP contribution is 2.39. The molecule has 1 amide bonds. The zero-order valence-electron chi connectivity index (χ0n) is 24.7. The van der Waals surface area contributed by atoms with Crippen molar-refractivity contribution in [1.29, 1.82) is 0 Å². The first-order chi connectivity index (χ1) is 19.0. The minimum atomic E-state index is -3.71. The lowest BCUT2D eigenvalue weighted by atomic mass is 9.80. The number of sulfonamides is 1. The maximum Gasteiger partial charge on any atom is 0.246 e. The third-order valence-corrected chi connectivity index (χ3v) is 11.7. The minimum Gasteiger partial charge on any atom is -0.496 e. The maximum absolute atomic E-state index is 13.7. The van der Waals surface area contributed by atoms with Crippen molar-refractivity contribution in [3.8, 4) is 5.75 Å². The first-order valence-electron chi connectivity index (χ1n) is 14.3. The van der Waals surface area contributed by atoms with Crippen molar-refractivity contribution in [3.63, 3.8) is 0 Å². The van der Waals surface area contributed by atoms with Crippen LogP contribution >= 0.6 is 11.3 Å². The monoisotopic (exact) mass is 591 g/mol. The average Bonchev–Trinajstić information content (AvgIpc) is 3.45. The summed E-state index contributed by atoms with van der Waals surface area (Å²) in [6.07, 6.45) is 5.19. The van der Waals surface area contributed by atoms with Gasteiger partial charge in [0.15, 0.2) is 0 Å². The second-order valence-electron chi connectivity index (χ2n) is 11.5. The van der Waals surface area contributed by atoms with Crippen LogP contribution in [0.5, 0.6) is 5.75 Å². The molecule has 0 bridgehead atoms. The van der Waals surface area contributed by atoms with Crippen LogP contribution < -0.4 is 10.1 Å². The van der Waals surface area contributed by atoms with Crippen LogP contribution in [0.2, 0.25) is 0 Å². The lowest BCUT2D eigenvalue weighted by Gasteiger charge is -2.37. The van der Waals surface area contributed by atoms with E-state index in [1.54, 1.807) is 20.1 Å². The highest BCUT2D eigenvalue weighted by atomic mass is 32.2. The van der Waals surface area contributed by atoms with E-state index in [1.165, 1.54) is 9.18 Å². The molecule has 4 rings (SSSR count). The number of amides is 1. The quantitative estimate of drug-likeness (QED) is 0.426. The van der Waals surface area contributed by atoms with E-state index < -0.39 is 10.0 Å². The number of methoxy groups -OCH3 is 1. The van der Waals surface area contributed by atoms with Crippen molar-refractivity contribution in [2.75, 3.05) is 40.9 Å². The molecule has 40 heavy (non-hydrogen) atoms. The molecule has 1 aromatic carbocycles. The van der Waals surface area contributed by atoms with E-state index in [9.17, 15) is 13.2 Å². The van der Waals surface area contributed by atoms with Crippen molar-refractivity contribution in [2.45, 2.75) is 82.4 Å². The second-order valence-corrected chi connectivity index (χ2v) is 14.4. The minimum absolute atomic E-state index is 0.0479. The second kappa shape index (κ2) is 13.3. The first kappa shape index (κ1) is 31.0. The van der Waals surface area contributed by atoms with Gasteiger partial charge in [-0.25, -0.2) is 8.42 Å². The summed E-state index contributed by atoms with van der Waals surface area (Å²) in [5, 5.41) is 5.30. The molecular weight excluding hydrogens is 546 g/mol. The molecule has 2 aromatic rings. The van der Waals surface area contributed by atoms with Crippen LogP contribution in [-0.2, 0) is 19.6 Å². The summed E-state index contributed by atoms with van der Waals surface area (Å²) in [6.45, 7) is 6.16. The van der Waals surface area contributed by atoms with Crippen LogP contribution in [0.4, 0.5) is 0 Å². The molecule has 0 spiro atoms. The first-order valence-corrected chi connectivity index (χ1v) is 16.6. The zero-order chi connectivity index (χ0) is 29.0. The van der Waals surface area contributed by atoms with Crippen LogP contribution in [0.25, 0.3) is 0 Å². The molecule has 1 aliphatic heterocycles. The number of piperidine rings is 1. The van der Waals surface area contributed by atoms with E-state index in [0.29, 0.717) is 46.7 Å². The Morgan fingerprint density at radius 1 is 1.15 bits per heavy atom. The van der Waals surface area contributed by atoms with Crippen LogP contribution in [0.3, 0.4) is 0 Å². The summed E-state index contributed by atoms with van der Waals surface area (Å²) in [5.74, 6) is 1.15. The molecule has 8 nitrogen and oxygen atoms in total. The Bertz CT molecular complexity index is 1250. The molecule has 2 fully saturated rings. The van der Waals surface area contributed by atoms with Gasteiger partial charge in [-0.05, 0) is 114 Å². The van der Waals surface area contributed by atoms with Gasteiger partial charge in [0.1, 0.15) is 12.4 Å². The molecule has 10 heteroatoms. The van der Waals surface area contributed by atoms with E-state index in [4.69, 9.17) is 9.47 Å². The van der Waals surface area contributed by atoms with Gasteiger partial charge in [-0.1, -0.05) is 6.07 Å². The van der Waals surface area contributed by atoms with Crippen molar-refractivity contribution >= 4 is 27.3 Å². The number of nitrogens with zero attached hydrogens (tertiary/aromatic N) is 2. The summed E-state index contributed by atoms with van der Waals surface area (Å²) in [7, 11) is 2.18. The van der Waals surface area contributed by atoms with E-state index in [1.807, 2.05) is 25.2 Å².